The fourth-order valence-electron chi connectivity index (χ4n) is 1.15. The van der Waals surface area contributed by atoms with Crippen molar-refractivity contribution in [3.63, 3.8) is 0 Å². The van der Waals surface area contributed by atoms with Crippen LogP contribution < -0.4 is 0 Å². The summed E-state index contributed by atoms with van der Waals surface area (Å²) in [6.45, 7) is 1.22. The summed E-state index contributed by atoms with van der Waals surface area (Å²) in [7, 11) is 0. The lowest BCUT2D eigenvalue weighted by Gasteiger charge is -2.13. The summed E-state index contributed by atoms with van der Waals surface area (Å²) in [5, 5.41) is -0.940. The van der Waals surface area contributed by atoms with E-state index in [1.165, 1.54) is 19.1 Å². The van der Waals surface area contributed by atoms with Gasteiger partial charge in [0, 0.05) is 9.92 Å². The van der Waals surface area contributed by atoms with Crippen molar-refractivity contribution in [2.24, 2.45) is 0 Å². The molecule has 0 fully saturated rings. The third kappa shape index (κ3) is 4.41. The minimum atomic E-state index is -4.45. The van der Waals surface area contributed by atoms with Gasteiger partial charge in [-0.3, -0.25) is 4.79 Å². The molecule has 1 unspecified atom stereocenters. The number of carbonyl (C=O) groups is 1. The predicted octanol–water partition coefficient (Wildman–Crippen LogP) is 4.82. The Morgan fingerprint density at radius 1 is 1.41 bits per heavy atom. The van der Waals surface area contributed by atoms with Gasteiger partial charge in [-0.25, -0.2) is 0 Å². The van der Waals surface area contributed by atoms with Crippen LogP contribution in [0.2, 0.25) is 5.02 Å². The number of halogens is 5. The molecule has 1 atom stereocenters. The fraction of sp³-hybridized carbons (Fsp3) is 0.300. The van der Waals surface area contributed by atoms with Crippen LogP contribution in [-0.2, 0) is 4.79 Å². The Kier molecular flexibility index (Phi) is 4.75. The molecule has 1 aromatic carbocycles. The number of ketones is 1. The molecule has 1 nitrogen and oxygen atoms in total. The van der Waals surface area contributed by atoms with Gasteiger partial charge in [0.1, 0.15) is 5.38 Å². The van der Waals surface area contributed by atoms with Gasteiger partial charge in [0.05, 0.1) is 0 Å². The number of thioether (sulfide) groups is 1. The second-order valence-electron chi connectivity index (χ2n) is 3.20. The summed E-state index contributed by atoms with van der Waals surface area (Å²) in [4.78, 5) is 10.9. The smallest absolute Gasteiger partial charge is 0.298 e. The van der Waals surface area contributed by atoms with Gasteiger partial charge in [0.25, 0.3) is 0 Å². The molecular weight excluding hydrogens is 296 g/mol. The SMILES string of the molecule is CC(=O)C(Cl)c1ccc(Cl)cc1SC(F)(F)F. The van der Waals surface area contributed by atoms with Gasteiger partial charge < -0.3 is 0 Å². The summed E-state index contributed by atoms with van der Waals surface area (Å²) in [5.41, 5.74) is -4.33. The molecule has 0 saturated carbocycles. The van der Waals surface area contributed by atoms with E-state index in [-0.39, 0.29) is 27.2 Å². The summed E-state index contributed by atoms with van der Waals surface area (Å²) in [5.74, 6) is -0.419. The highest BCUT2D eigenvalue weighted by molar-refractivity contribution is 8.00. The van der Waals surface area contributed by atoms with Crippen molar-refractivity contribution in [1.82, 2.24) is 0 Å². The molecule has 0 aliphatic carbocycles. The monoisotopic (exact) mass is 302 g/mol. The first-order chi connectivity index (χ1) is 7.70. The summed E-state index contributed by atoms with van der Waals surface area (Å²) >= 11 is 11.0. The standard InChI is InChI=1S/C10H7Cl2F3OS/c1-5(16)9(12)7-3-2-6(11)4-8(7)17-10(13,14)15/h2-4,9H,1H3. The zero-order valence-corrected chi connectivity index (χ0v) is 10.8. The highest BCUT2D eigenvalue weighted by Crippen LogP contribution is 2.42. The van der Waals surface area contributed by atoms with Crippen molar-refractivity contribution in [2.75, 3.05) is 0 Å². The molecule has 1 rings (SSSR count). The molecule has 0 radical (unpaired) electrons. The van der Waals surface area contributed by atoms with E-state index in [1.807, 2.05) is 0 Å². The Balaban J connectivity index is 3.17. The molecule has 0 heterocycles. The van der Waals surface area contributed by atoms with Crippen LogP contribution >= 0.6 is 35.0 Å². The van der Waals surface area contributed by atoms with E-state index in [4.69, 9.17) is 23.2 Å². The number of hydrogen-bond donors (Lipinski definition) is 0. The molecule has 0 aliphatic rings. The van der Waals surface area contributed by atoms with Gasteiger partial charge in [-0.05, 0) is 36.4 Å². The Bertz CT molecular complexity index is 434. The maximum Gasteiger partial charge on any atom is 0.446 e. The van der Waals surface area contributed by atoms with Crippen LogP contribution in [0.3, 0.4) is 0 Å². The molecule has 1 aromatic rings. The Labute approximate surface area is 110 Å². The minimum absolute atomic E-state index is 0.117. The highest BCUT2D eigenvalue weighted by atomic mass is 35.5. The van der Waals surface area contributed by atoms with Crippen LogP contribution in [0.5, 0.6) is 0 Å². The van der Waals surface area contributed by atoms with E-state index in [2.05, 4.69) is 0 Å². The summed E-state index contributed by atoms with van der Waals surface area (Å²) in [6, 6.07) is 3.87. The largest absolute Gasteiger partial charge is 0.446 e. The molecule has 94 valence electrons. The van der Waals surface area contributed by atoms with Gasteiger partial charge >= 0.3 is 5.51 Å². The van der Waals surface area contributed by atoms with Crippen LogP contribution in [0.15, 0.2) is 23.1 Å². The molecule has 0 spiro atoms. The third-order valence-electron chi connectivity index (χ3n) is 1.83. The summed E-state index contributed by atoms with van der Waals surface area (Å²) < 4.78 is 36.9. The van der Waals surface area contributed by atoms with Gasteiger partial charge in [-0.1, -0.05) is 17.7 Å². The second kappa shape index (κ2) is 5.50. The first-order valence-corrected chi connectivity index (χ1v) is 6.03. The zero-order valence-electron chi connectivity index (χ0n) is 8.52. The summed E-state index contributed by atoms with van der Waals surface area (Å²) in [6.07, 6.45) is 0. The minimum Gasteiger partial charge on any atom is -0.298 e. The normalized spacial score (nSPS) is 13.5. The van der Waals surface area contributed by atoms with E-state index in [1.54, 1.807) is 0 Å². The number of hydrogen-bond acceptors (Lipinski definition) is 2. The number of rotatable bonds is 3. The first kappa shape index (κ1) is 14.7. The van der Waals surface area contributed by atoms with Crippen LogP contribution in [0.4, 0.5) is 13.2 Å². The molecule has 0 saturated heterocycles. The van der Waals surface area contributed by atoms with E-state index >= 15 is 0 Å². The third-order valence-corrected chi connectivity index (χ3v) is 3.41. The van der Waals surface area contributed by atoms with Crippen molar-refractivity contribution in [3.8, 4) is 0 Å². The lowest BCUT2D eigenvalue weighted by Crippen LogP contribution is -2.06. The van der Waals surface area contributed by atoms with Crippen molar-refractivity contribution in [3.05, 3.63) is 28.8 Å². The van der Waals surface area contributed by atoms with Crippen LogP contribution in [0.1, 0.15) is 17.9 Å². The number of Topliss-reactive ketones (excluding diaryl/α,β-unsaturated/α-hetero) is 1. The number of alkyl halides is 4. The maximum atomic E-state index is 12.3. The van der Waals surface area contributed by atoms with E-state index < -0.39 is 16.7 Å². The average Bonchev–Trinajstić information content (AvgIpc) is 2.14. The van der Waals surface area contributed by atoms with E-state index in [9.17, 15) is 18.0 Å². The van der Waals surface area contributed by atoms with Crippen LogP contribution in [-0.4, -0.2) is 11.3 Å². The second-order valence-corrected chi connectivity index (χ2v) is 5.18. The fourth-order valence-corrected chi connectivity index (χ4v) is 2.38. The average molecular weight is 303 g/mol. The van der Waals surface area contributed by atoms with E-state index in [0.29, 0.717) is 0 Å². The van der Waals surface area contributed by atoms with Crippen molar-refractivity contribution in [2.45, 2.75) is 22.7 Å². The maximum absolute atomic E-state index is 12.3. The highest BCUT2D eigenvalue weighted by Gasteiger charge is 2.32. The molecule has 7 heteroatoms. The molecule has 0 amide bonds. The van der Waals surface area contributed by atoms with Crippen LogP contribution in [0.25, 0.3) is 0 Å². The molecular formula is C10H7Cl2F3OS. The molecule has 0 N–H and O–H groups in total. The number of carbonyl (C=O) groups excluding carboxylic acids is 1. The van der Waals surface area contributed by atoms with Crippen molar-refractivity contribution >= 4 is 40.7 Å². The van der Waals surface area contributed by atoms with Gasteiger partial charge in [-0.15, -0.1) is 11.6 Å². The topological polar surface area (TPSA) is 17.1 Å². The van der Waals surface area contributed by atoms with E-state index in [0.717, 1.165) is 6.07 Å². The molecule has 0 aliphatic heterocycles. The van der Waals surface area contributed by atoms with Gasteiger partial charge in [0.2, 0.25) is 0 Å². The first-order valence-electron chi connectivity index (χ1n) is 4.40. The zero-order chi connectivity index (χ0) is 13.2. The Hall–Kier alpha value is -0.390. The number of benzene rings is 1. The Morgan fingerprint density at radius 3 is 2.47 bits per heavy atom. The molecule has 17 heavy (non-hydrogen) atoms. The molecule has 0 bridgehead atoms. The van der Waals surface area contributed by atoms with Crippen molar-refractivity contribution < 1.29 is 18.0 Å². The lowest BCUT2D eigenvalue weighted by molar-refractivity contribution is -0.116. The van der Waals surface area contributed by atoms with Crippen molar-refractivity contribution in [1.29, 1.82) is 0 Å². The van der Waals surface area contributed by atoms with Crippen LogP contribution in [0, 0.1) is 0 Å². The lowest BCUT2D eigenvalue weighted by atomic mass is 10.1. The Morgan fingerprint density at radius 2 is 2.00 bits per heavy atom. The van der Waals surface area contributed by atoms with Gasteiger partial charge in [0.15, 0.2) is 5.78 Å². The quantitative estimate of drug-likeness (QED) is 0.588. The predicted molar refractivity (Wildman–Crippen MR) is 62.6 cm³/mol. The van der Waals surface area contributed by atoms with Gasteiger partial charge in [-0.2, -0.15) is 13.2 Å². The molecule has 0 aromatic heterocycles.